The van der Waals surface area contributed by atoms with Crippen molar-refractivity contribution in [2.75, 3.05) is 6.61 Å². The highest BCUT2D eigenvalue weighted by molar-refractivity contribution is 6.08. The number of ether oxygens (including phenoxy) is 4. The fraction of sp³-hybridized carbons (Fsp3) is 0.191. The van der Waals surface area contributed by atoms with E-state index in [-0.39, 0.29) is 64.4 Å². The second kappa shape index (κ2) is 20.6. The minimum Gasteiger partial charge on any atom is -0.488 e. The largest absolute Gasteiger partial charge is 0.488 e. The van der Waals surface area contributed by atoms with E-state index < -0.39 is 74.7 Å². The van der Waals surface area contributed by atoms with Crippen molar-refractivity contribution in [2.24, 2.45) is 22.7 Å². The number of guanidine groups is 1. The van der Waals surface area contributed by atoms with Gasteiger partial charge in [-0.05, 0) is 59.3 Å². The van der Waals surface area contributed by atoms with Crippen molar-refractivity contribution in [1.29, 1.82) is 0 Å². The number of β-lactam (4-membered cyclic amide) rings is 1. The Hall–Kier alpha value is -9.74. The molecule has 1 saturated heterocycles. The number of esters is 4. The zero-order valence-corrected chi connectivity index (χ0v) is 37.3. The van der Waals surface area contributed by atoms with Gasteiger partial charge in [-0.1, -0.05) is 51.1 Å². The van der Waals surface area contributed by atoms with Crippen LogP contribution >= 0.6 is 0 Å². The highest BCUT2D eigenvalue weighted by Gasteiger charge is 2.59. The molecule has 5 aromatic carbocycles. The number of hydrogen-bond donors (Lipinski definition) is 2. The molecule has 0 bridgehead atoms. The molecule has 362 valence electrons. The Morgan fingerprint density at radius 1 is 0.634 bits per heavy atom. The first-order chi connectivity index (χ1) is 33.8. The van der Waals surface area contributed by atoms with Crippen LogP contribution in [-0.4, -0.2) is 80.2 Å². The number of non-ortho nitro benzene ring substituents is 3. The average molecular weight is 972 g/mol. The molecule has 3 amide bonds. The molecule has 0 radical (unpaired) electrons. The normalized spacial score (nSPS) is 15.7. The topological polar surface area (TPSA) is 325 Å². The quantitative estimate of drug-likeness (QED) is 0.0181. The molecule has 0 saturated carbocycles. The Labute approximate surface area is 399 Å². The third-order valence-electron chi connectivity index (χ3n) is 11.4. The van der Waals surface area contributed by atoms with Crippen LogP contribution in [0.4, 0.5) is 26.7 Å². The molecule has 24 heteroatoms. The molecule has 3 atom stereocenters. The monoisotopic (exact) mass is 971 g/mol. The van der Waals surface area contributed by atoms with Crippen LogP contribution in [-0.2, 0) is 30.3 Å². The molecular formula is C47H37N7O17. The zero-order chi connectivity index (χ0) is 51.3. The van der Waals surface area contributed by atoms with Crippen molar-refractivity contribution in [3.05, 3.63) is 173 Å². The maximum Gasteiger partial charge on any atom is 0.421 e. The third-order valence-corrected chi connectivity index (χ3v) is 11.4. The van der Waals surface area contributed by atoms with Crippen LogP contribution in [0.5, 0.6) is 5.75 Å². The van der Waals surface area contributed by atoms with Crippen molar-refractivity contribution in [1.82, 2.24) is 15.5 Å². The van der Waals surface area contributed by atoms with E-state index in [0.717, 1.165) is 72.8 Å². The number of fused-ring (bicyclic) bond motifs is 2. The van der Waals surface area contributed by atoms with Crippen molar-refractivity contribution >= 4 is 75.8 Å². The molecule has 2 aliphatic heterocycles. The lowest BCUT2D eigenvalue weighted by molar-refractivity contribution is -0.385. The summed E-state index contributed by atoms with van der Waals surface area (Å²) in [6.45, 7) is 5.00. The molecule has 0 aliphatic carbocycles. The van der Waals surface area contributed by atoms with E-state index in [1.54, 1.807) is 36.4 Å². The predicted molar refractivity (Wildman–Crippen MR) is 243 cm³/mol. The SMILES string of the molecule is CC(C)[C@H]1C(=O)N2C(C(=O)OC(=O)c3ccc([N+](=O)[O-])cc3)=C(COc3cccc4c(CN=C(NC(=O)OC(=O)c5ccc([N+](=O)[O-])cc5)NC(=O)OC(=O)c5ccc([N+](=O)[O-])cc5)cccc34)[C@H](C)[C@H]12. The number of amides is 3. The molecule has 2 aliphatic rings. The van der Waals surface area contributed by atoms with E-state index in [2.05, 4.69) is 15.6 Å². The maximum atomic E-state index is 13.8. The van der Waals surface area contributed by atoms with Crippen LogP contribution < -0.4 is 15.4 Å². The van der Waals surface area contributed by atoms with Gasteiger partial charge in [0.2, 0.25) is 11.9 Å². The number of nitrogens with one attached hydrogen (secondary N) is 2. The minimum atomic E-state index is -1.48. The van der Waals surface area contributed by atoms with Gasteiger partial charge in [-0.25, -0.2) is 33.8 Å². The summed E-state index contributed by atoms with van der Waals surface area (Å²) in [6.07, 6.45) is -2.97. The number of nitro groups is 3. The van der Waals surface area contributed by atoms with Crippen LogP contribution in [0.2, 0.25) is 0 Å². The Bertz CT molecular complexity index is 3030. The first kappa shape index (κ1) is 49.2. The van der Waals surface area contributed by atoms with Gasteiger partial charge in [0.05, 0.1) is 50.0 Å². The summed E-state index contributed by atoms with van der Waals surface area (Å²) >= 11 is 0. The van der Waals surface area contributed by atoms with E-state index in [1.165, 1.54) is 4.90 Å². The summed E-state index contributed by atoms with van der Waals surface area (Å²) in [6, 6.07) is 22.1. The maximum absolute atomic E-state index is 13.8. The molecule has 71 heavy (non-hydrogen) atoms. The van der Waals surface area contributed by atoms with Gasteiger partial charge >= 0.3 is 36.1 Å². The number of alkyl carbamates (subject to hydrolysis) is 2. The van der Waals surface area contributed by atoms with Gasteiger partial charge < -0.3 is 23.8 Å². The van der Waals surface area contributed by atoms with Gasteiger partial charge in [-0.15, -0.1) is 0 Å². The summed E-state index contributed by atoms with van der Waals surface area (Å²) in [7, 11) is 0. The molecule has 24 nitrogen and oxygen atoms in total. The van der Waals surface area contributed by atoms with Crippen LogP contribution in [0.25, 0.3) is 10.8 Å². The van der Waals surface area contributed by atoms with Gasteiger partial charge in [0.15, 0.2) is 0 Å². The number of benzene rings is 5. The summed E-state index contributed by atoms with van der Waals surface area (Å²) in [5.74, 6) is -6.40. The van der Waals surface area contributed by atoms with E-state index in [0.29, 0.717) is 27.7 Å². The van der Waals surface area contributed by atoms with Crippen LogP contribution in [0.15, 0.2) is 125 Å². The Morgan fingerprint density at radius 2 is 1.08 bits per heavy atom. The fourth-order valence-electron chi connectivity index (χ4n) is 7.93. The zero-order valence-electron chi connectivity index (χ0n) is 37.3. The standard InChI is InChI=1S/C47H37N7O17/c1-24(2)37-38-25(3)35(39(51(38)40(37)55)44(59)69-41(56)26-10-16-30(17-11-26)52(62)63)23-68-36-9-5-7-33-29(6-4-8-34(33)36)22-48-45(49-46(60)70-42(57)27-12-18-31(19-13-27)53(64)65)50-47(61)71-43(58)28-14-20-32(21-15-28)54(66)67/h4-21,24-25,37-38H,22-23H2,1-3H3,(H2,48,49,50,60,61)/t25-,37+,38+/m0/s1. The first-order valence-corrected chi connectivity index (χ1v) is 21.1. The van der Waals surface area contributed by atoms with Crippen LogP contribution in [0.1, 0.15) is 57.4 Å². The first-order valence-electron chi connectivity index (χ1n) is 21.1. The van der Waals surface area contributed by atoms with Crippen molar-refractivity contribution < 1.29 is 67.3 Å². The molecule has 7 rings (SSSR count). The fourth-order valence-corrected chi connectivity index (χ4v) is 7.93. The second-order valence-electron chi connectivity index (χ2n) is 16.0. The van der Waals surface area contributed by atoms with Gasteiger partial charge in [0, 0.05) is 53.3 Å². The third kappa shape index (κ3) is 10.7. The van der Waals surface area contributed by atoms with E-state index in [9.17, 15) is 63.9 Å². The Balaban J connectivity index is 1.12. The van der Waals surface area contributed by atoms with Gasteiger partial charge in [0.1, 0.15) is 18.1 Å². The van der Waals surface area contributed by atoms with Gasteiger partial charge in [-0.2, -0.15) is 0 Å². The number of nitro benzene ring substituents is 3. The second-order valence-corrected chi connectivity index (χ2v) is 16.0. The van der Waals surface area contributed by atoms with Crippen molar-refractivity contribution in [2.45, 2.75) is 33.4 Å². The Morgan fingerprint density at radius 3 is 1.55 bits per heavy atom. The number of nitrogens with zero attached hydrogens (tertiary/aromatic N) is 5. The Kier molecular flexibility index (Phi) is 14.3. The number of carbonyl (C=O) groups is 7. The number of rotatable bonds is 13. The molecule has 2 N–H and O–H groups in total. The van der Waals surface area contributed by atoms with E-state index in [1.807, 2.05) is 20.8 Å². The number of hydrogen-bond acceptors (Lipinski definition) is 18. The lowest BCUT2D eigenvalue weighted by Gasteiger charge is -2.47. The van der Waals surface area contributed by atoms with Gasteiger partial charge in [0.25, 0.3) is 17.1 Å². The van der Waals surface area contributed by atoms with Crippen molar-refractivity contribution in [3.8, 4) is 5.75 Å². The highest BCUT2D eigenvalue weighted by Crippen LogP contribution is 2.49. The average Bonchev–Trinajstić information content (AvgIpc) is 3.58. The predicted octanol–water partition coefficient (Wildman–Crippen LogP) is 6.70. The molecule has 0 spiro atoms. The summed E-state index contributed by atoms with van der Waals surface area (Å²) in [5.41, 5.74) is -0.946. The smallest absolute Gasteiger partial charge is 0.421 e. The minimum absolute atomic E-state index is 0.0957. The van der Waals surface area contributed by atoms with Gasteiger partial charge in [-0.3, -0.25) is 45.8 Å². The van der Waals surface area contributed by atoms with E-state index >= 15 is 0 Å². The number of carbonyl (C=O) groups excluding carboxylic acids is 7. The molecule has 0 aromatic heterocycles. The van der Waals surface area contributed by atoms with Crippen molar-refractivity contribution in [3.63, 3.8) is 0 Å². The lowest BCUT2D eigenvalue weighted by atomic mass is 9.74. The molecular weight excluding hydrogens is 935 g/mol. The highest BCUT2D eigenvalue weighted by atomic mass is 16.6. The molecule has 5 aromatic rings. The molecule has 1 fully saturated rings. The lowest BCUT2D eigenvalue weighted by Crippen LogP contribution is -2.62. The molecule has 2 heterocycles. The van der Waals surface area contributed by atoms with E-state index in [4.69, 9.17) is 18.9 Å². The summed E-state index contributed by atoms with van der Waals surface area (Å²) < 4.78 is 21.1. The summed E-state index contributed by atoms with van der Waals surface area (Å²) in [4.78, 5) is 128. The number of aliphatic imine (C=N–C) groups is 1. The van der Waals surface area contributed by atoms with Crippen LogP contribution in [0.3, 0.4) is 0 Å². The summed E-state index contributed by atoms with van der Waals surface area (Å²) in [5, 5.41) is 38.4. The van der Waals surface area contributed by atoms with Crippen LogP contribution in [0, 0.1) is 48.1 Å². The molecule has 0 unspecified atom stereocenters.